The van der Waals surface area contributed by atoms with E-state index in [1.807, 2.05) is 6.92 Å². The summed E-state index contributed by atoms with van der Waals surface area (Å²) in [6.07, 6.45) is 1.31. The van der Waals surface area contributed by atoms with Gasteiger partial charge in [0, 0.05) is 17.8 Å². The minimum atomic E-state index is -1.08. The molecule has 0 radical (unpaired) electrons. The number of nitrogens with one attached hydrogen (secondary N) is 3. The molecule has 0 atom stereocenters. The van der Waals surface area contributed by atoms with Crippen LogP contribution in [0.3, 0.4) is 0 Å². The van der Waals surface area contributed by atoms with Crippen LogP contribution in [0.25, 0.3) is 0 Å². The van der Waals surface area contributed by atoms with Crippen LogP contribution in [-0.2, 0) is 4.79 Å². The average molecular weight is 348 g/mol. The highest BCUT2D eigenvalue weighted by Gasteiger charge is 2.11. The lowest BCUT2D eigenvalue weighted by Gasteiger charge is -2.11. The molecule has 0 bridgehead atoms. The number of anilines is 1. The summed E-state index contributed by atoms with van der Waals surface area (Å²) in [5.41, 5.74) is 2.13. The summed E-state index contributed by atoms with van der Waals surface area (Å²) in [4.78, 5) is 26.5. The van der Waals surface area contributed by atoms with Crippen LogP contribution in [-0.4, -0.2) is 42.6 Å². The Morgan fingerprint density at radius 1 is 1.36 bits per heavy atom. The van der Waals surface area contributed by atoms with Gasteiger partial charge < -0.3 is 21.1 Å². The molecule has 2 rings (SSSR count). The molecule has 138 valence electrons. The summed E-state index contributed by atoms with van der Waals surface area (Å²) < 4.78 is 0. The molecule has 7 heteroatoms. The van der Waals surface area contributed by atoms with Crippen molar-refractivity contribution in [2.45, 2.75) is 34.1 Å². The topological polar surface area (TPSA) is 103 Å². The predicted molar refractivity (Wildman–Crippen MR) is 100 cm³/mol. The van der Waals surface area contributed by atoms with Gasteiger partial charge in [-0.3, -0.25) is 14.6 Å². The number of carboxylic acids is 1. The van der Waals surface area contributed by atoms with Crippen LogP contribution in [0.5, 0.6) is 0 Å². The standard InChI is InChI=1S/C13H16N4O3.C5H12/c1-8-2-3-9(12(20)16-7-11(18)19)6-10(8)17-13-14-4-5-15-13;1-4-5(2)3/h2-3,6H,4-5,7H2,1H3,(H,16,20)(H,18,19)(H2,14,15,17);5H,4H2,1-3H3. The molecule has 0 fully saturated rings. The maximum Gasteiger partial charge on any atom is 0.322 e. The van der Waals surface area contributed by atoms with Crippen molar-refractivity contribution in [1.82, 2.24) is 10.6 Å². The number of carbonyl (C=O) groups excluding carboxylic acids is 1. The van der Waals surface area contributed by atoms with Crippen LogP contribution in [0.15, 0.2) is 23.2 Å². The second-order valence-corrected chi connectivity index (χ2v) is 6.19. The van der Waals surface area contributed by atoms with Gasteiger partial charge in [0.2, 0.25) is 0 Å². The Morgan fingerprint density at radius 3 is 2.56 bits per heavy atom. The summed E-state index contributed by atoms with van der Waals surface area (Å²) >= 11 is 0. The molecule has 1 aliphatic heterocycles. The third-order valence-corrected chi connectivity index (χ3v) is 3.64. The van der Waals surface area contributed by atoms with Crippen LogP contribution >= 0.6 is 0 Å². The number of guanidine groups is 1. The molecule has 1 heterocycles. The molecule has 1 aromatic rings. The number of amides is 1. The monoisotopic (exact) mass is 348 g/mol. The molecule has 0 saturated heterocycles. The highest BCUT2D eigenvalue weighted by molar-refractivity contribution is 5.99. The summed E-state index contributed by atoms with van der Waals surface area (Å²) in [5.74, 6) is 0.0660. The van der Waals surface area contributed by atoms with E-state index in [0.717, 1.165) is 30.3 Å². The van der Waals surface area contributed by atoms with Crippen LogP contribution in [0.4, 0.5) is 5.69 Å². The number of aryl methyl sites for hydroxylation is 1. The molecule has 1 aliphatic rings. The van der Waals surface area contributed by atoms with Crippen molar-refractivity contribution in [3.05, 3.63) is 29.3 Å². The maximum absolute atomic E-state index is 11.8. The van der Waals surface area contributed by atoms with Crippen molar-refractivity contribution >= 4 is 23.5 Å². The molecule has 0 spiro atoms. The largest absolute Gasteiger partial charge is 0.480 e. The van der Waals surface area contributed by atoms with Gasteiger partial charge in [-0.05, 0) is 30.5 Å². The number of rotatable bonds is 5. The van der Waals surface area contributed by atoms with Gasteiger partial charge >= 0.3 is 5.97 Å². The highest BCUT2D eigenvalue weighted by atomic mass is 16.4. The van der Waals surface area contributed by atoms with Gasteiger partial charge in [0.25, 0.3) is 5.91 Å². The summed E-state index contributed by atoms with van der Waals surface area (Å²) in [6, 6.07) is 5.13. The maximum atomic E-state index is 11.8. The van der Waals surface area contributed by atoms with E-state index >= 15 is 0 Å². The molecular formula is C18H28N4O3. The van der Waals surface area contributed by atoms with Gasteiger partial charge in [-0.2, -0.15) is 0 Å². The minimum absolute atomic E-state index is 0.399. The summed E-state index contributed by atoms with van der Waals surface area (Å²) in [7, 11) is 0. The zero-order valence-electron chi connectivity index (χ0n) is 15.3. The van der Waals surface area contributed by atoms with Crippen molar-refractivity contribution in [1.29, 1.82) is 0 Å². The third kappa shape index (κ3) is 7.69. The molecule has 0 saturated carbocycles. The number of aliphatic carboxylic acids is 1. The van der Waals surface area contributed by atoms with Crippen molar-refractivity contribution in [3.8, 4) is 0 Å². The molecule has 1 amide bonds. The van der Waals surface area contributed by atoms with Gasteiger partial charge in [-0.1, -0.05) is 33.3 Å². The molecular weight excluding hydrogens is 320 g/mol. The van der Waals surface area contributed by atoms with Crippen LogP contribution in [0.1, 0.15) is 43.1 Å². The third-order valence-electron chi connectivity index (χ3n) is 3.64. The molecule has 0 aromatic heterocycles. The fraction of sp³-hybridized carbons (Fsp3) is 0.500. The SMILES string of the molecule is CCC(C)C.Cc1ccc(C(=O)NCC(=O)O)cc1NC1=NCCN1. The zero-order valence-corrected chi connectivity index (χ0v) is 15.3. The zero-order chi connectivity index (χ0) is 18.8. The van der Waals surface area contributed by atoms with Crippen molar-refractivity contribution in [2.24, 2.45) is 10.9 Å². The lowest BCUT2D eigenvalue weighted by molar-refractivity contribution is -0.135. The normalized spacial score (nSPS) is 12.6. The van der Waals surface area contributed by atoms with Gasteiger partial charge in [0.1, 0.15) is 6.54 Å². The van der Waals surface area contributed by atoms with Crippen molar-refractivity contribution in [3.63, 3.8) is 0 Å². The fourth-order valence-corrected chi connectivity index (χ4v) is 1.77. The average Bonchev–Trinajstić information content (AvgIpc) is 3.08. The molecule has 25 heavy (non-hydrogen) atoms. The Kier molecular flexibility index (Phi) is 8.46. The Balaban J connectivity index is 0.000000550. The van der Waals surface area contributed by atoms with Crippen LogP contribution in [0.2, 0.25) is 0 Å². The number of carboxylic acid groups (broad SMARTS) is 1. The second-order valence-electron chi connectivity index (χ2n) is 6.19. The van der Waals surface area contributed by atoms with E-state index in [2.05, 4.69) is 41.7 Å². The van der Waals surface area contributed by atoms with Gasteiger partial charge in [0.05, 0.1) is 6.54 Å². The quantitative estimate of drug-likeness (QED) is 0.653. The fourth-order valence-electron chi connectivity index (χ4n) is 1.77. The minimum Gasteiger partial charge on any atom is -0.480 e. The first-order chi connectivity index (χ1) is 11.8. The molecule has 1 aromatic carbocycles. The van der Waals surface area contributed by atoms with Crippen molar-refractivity contribution in [2.75, 3.05) is 25.0 Å². The first-order valence-corrected chi connectivity index (χ1v) is 8.49. The Hall–Kier alpha value is -2.57. The predicted octanol–water partition coefficient (Wildman–Crippen LogP) is 2.23. The first-order valence-electron chi connectivity index (χ1n) is 8.49. The first kappa shape index (κ1) is 20.5. The molecule has 4 N–H and O–H groups in total. The Bertz CT molecular complexity index is 627. The van der Waals surface area contributed by atoms with E-state index in [4.69, 9.17) is 5.11 Å². The Labute approximate surface area is 148 Å². The van der Waals surface area contributed by atoms with E-state index in [1.165, 1.54) is 6.42 Å². The van der Waals surface area contributed by atoms with Gasteiger partial charge in [-0.25, -0.2) is 0 Å². The number of hydrogen-bond donors (Lipinski definition) is 4. The number of nitrogens with zero attached hydrogens (tertiary/aromatic N) is 1. The number of hydrogen-bond acceptors (Lipinski definition) is 5. The second kappa shape index (κ2) is 10.3. The molecule has 0 aliphatic carbocycles. The lowest BCUT2D eigenvalue weighted by atomic mass is 10.1. The highest BCUT2D eigenvalue weighted by Crippen LogP contribution is 2.17. The van der Waals surface area contributed by atoms with E-state index in [9.17, 15) is 9.59 Å². The van der Waals surface area contributed by atoms with Crippen LogP contribution < -0.4 is 16.0 Å². The molecule has 7 nitrogen and oxygen atoms in total. The number of benzene rings is 1. The van der Waals surface area contributed by atoms with E-state index in [1.54, 1.807) is 18.2 Å². The van der Waals surface area contributed by atoms with Crippen molar-refractivity contribution < 1.29 is 14.7 Å². The lowest BCUT2D eigenvalue weighted by Crippen LogP contribution is -2.29. The Morgan fingerprint density at radius 2 is 2.04 bits per heavy atom. The van der Waals surface area contributed by atoms with Gasteiger partial charge in [0.15, 0.2) is 5.96 Å². The van der Waals surface area contributed by atoms with Gasteiger partial charge in [-0.15, -0.1) is 0 Å². The van der Waals surface area contributed by atoms with E-state index in [-0.39, 0.29) is 0 Å². The smallest absolute Gasteiger partial charge is 0.322 e. The van der Waals surface area contributed by atoms with E-state index in [0.29, 0.717) is 11.5 Å². The summed E-state index contributed by atoms with van der Waals surface area (Å²) in [6.45, 7) is 9.67. The summed E-state index contributed by atoms with van der Waals surface area (Å²) in [5, 5.41) is 17.1. The number of carbonyl (C=O) groups is 2. The van der Waals surface area contributed by atoms with E-state index < -0.39 is 18.4 Å². The molecule has 0 unspecified atom stereocenters. The number of aliphatic imine (C=N–C) groups is 1. The van der Waals surface area contributed by atoms with Crippen LogP contribution in [0, 0.1) is 12.8 Å².